The third kappa shape index (κ3) is 36.7. The molecule has 0 aliphatic carbocycles. The molecular formula is C47H74N2O7. The molecule has 0 saturated heterocycles. The van der Waals surface area contributed by atoms with E-state index in [0.29, 0.717) is 12.8 Å². The Kier molecular flexibility index (Phi) is 37.4. The molecule has 0 aromatic heterocycles. The number of allylic oxidation sites excluding steroid dienone is 15. The topological polar surface area (TPSA) is 142 Å². The van der Waals surface area contributed by atoms with Gasteiger partial charge in [-0.1, -0.05) is 137 Å². The fraction of sp³-hybridized carbons (Fsp3) is 0.574. The van der Waals surface area contributed by atoms with Gasteiger partial charge in [-0.3, -0.25) is 14.4 Å². The number of hydrogen-bond acceptors (Lipinski definition) is 6. The van der Waals surface area contributed by atoms with Crippen molar-refractivity contribution in [3.63, 3.8) is 0 Å². The highest BCUT2D eigenvalue weighted by Gasteiger charge is 2.18. The summed E-state index contributed by atoms with van der Waals surface area (Å²) in [5.41, 5.74) is 0. The Balaban J connectivity index is 4.21. The molecule has 0 fully saturated rings. The van der Waals surface area contributed by atoms with Gasteiger partial charge in [0.05, 0.1) is 13.2 Å². The summed E-state index contributed by atoms with van der Waals surface area (Å²) >= 11 is 0. The third-order valence-corrected chi connectivity index (χ3v) is 8.53. The maximum absolute atomic E-state index is 12.7. The number of unbranched alkanes of at least 4 members (excludes halogenated alkanes) is 8. The summed E-state index contributed by atoms with van der Waals surface area (Å²) in [5, 5.41) is 22.5. The number of nitrogens with one attached hydrogen (secondary N) is 2. The fourth-order valence-corrected chi connectivity index (χ4v) is 5.32. The van der Waals surface area contributed by atoms with Crippen molar-refractivity contribution in [2.24, 2.45) is 0 Å². The summed E-state index contributed by atoms with van der Waals surface area (Å²) in [4.78, 5) is 47.4. The van der Waals surface area contributed by atoms with Crippen molar-refractivity contribution in [1.29, 1.82) is 0 Å². The number of aliphatic hydroxyl groups excluding tert-OH is 1. The second kappa shape index (κ2) is 40.4. The van der Waals surface area contributed by atoms with Crippen LogP contribution >= 0.6 is 0 Å². The Labute approximate surface area is 338 Å². The quantitative estimate of drug-likeness (QED) is 0.0282. The van der Waals surface area contributed by atoms with Crippen LogP contribution in [-0.4, -0.2) is 59.3 Å². The zero-order chi connectivity index (χ0) is 41.2. The van der Waals surface area contributed by atoms with E-state index in [0.717, 1.165) is 116 Å². The number of aliphatic carboxylic acids is 1. The van der Waals surface area contributed by atoms with Crippen LogP contribution in [-0.2, 0) is 23.9 Å². The molecule has 0 bridgehead atoms. The highest BCUT2D eigenvalue weighted by Crippen LogP contribution is 2.14. The molecule has 56 heavy (non-hydrogen) atoms. The second-order valence-electron chi connectivity index (χ2n) is 13.7. The van der Waals surface area contributed by atoms with Crippen LogP contribution in [0.1, 0.15) is 149 Å². The summed E-state index contributed by atoms with van der Waals surface area (Å²) < 4.78 is 5.84. The zero-order valence-electron chi connectivity index (χ0n) is 34.6. The Hall–Kier alpha value is -4.24. The van der Waals surface area contributed by atoms with E-state index in [1.165, 1.54) is 0 Å². The Morgan fingerprint density at radius 2 is 1.07 bits per heavy atom. The lowest BCUT2D eigenvalue weighted by molar-refractivity contribution is -0.147. The number of ether oxygens (including phenoxy) is 1. The smallest absolute Gasteiger partial charge is 0.328 e. The van der Waals surface area contributed by atoms with Gasteiger partial charge in [-0.2, -0.15) is 0 Å². The van der Waals surface area contributed by atoms with Crippen LogP contribution in [0.4, 0.5) is 0 Å². The highest BCUT2D eigenvalue weighted by molar-refractivity contribution is 5.87. The SMILES string of the molecule is CC/C=C\C/C=C\C/C=C\C/C=C\C/C=C\C/C=C\CCCCCCC(=O)OC(/C=C\C/C=C\CCC)CCCCCCC(=O)NCC(=O)NC(CO)C(=O)O. The largest absolute Gasteiger partial charge is 0.480 e. The minimum atomic E-state index is -1.40. The van der Waals surface area contributed by atoms with E-state index in [1.54, 1.807) is 0 Å². The molecule has 2 atom stereocenters. The predicted molar refractivity (Wildman–Crippen MR) is 231 cm³/mol. The first-order valence-electron chi connectivity index (χ1n) is 21.1. The van der Waals surface area contributed by atoms with Crippen LogP contribution in [0.15, 0.2) is 97.2 Å². The van der Waals surface area contributed by atoms with Crippen molar-refractivity contribution in [3.05, 3.63) is 97.2 Å². The summed E-state index contributed by atoms with van der Waals surface area (Å²) in [6.45, 7) is 3.22. The van der Waals surface area contributed by atoms with Crippen molar-refractivity contribution in [1.82, 2.24) is 10.6 Å². The van der Waals surface area contributed by atoms with Crippen LogP contribution in [0.5, 0.6) is 0 Å². The van der Waals surface area contributed by atoms with Crippen molar-refractivity contribution >= 4 is 23.8 Å². The average molecular weight is 779 g/mol. The van der Waals surface area contributed by atoms with E-state index in [-0.39, 0.29) is 30.9 Å². The van der Waals surface area contributed by atoms with Gasteiger partial charge in [0, 0.05) is 12.8 Å². The maximum atomic E-state index is 12.7. The monoisotopic (exact) mass is 779 g/mol. The highest BCUT2D eigenvalue weighted by atomic mass is 16.5. The van der Waals surface area contributed by atoms with Gasteiger partial charge in [0.25, 0.3) is 0 Å². The van der Waals surface area contributed by atoms with Gasteiger partial charge >= 0.3 is 11.9 Å². The molecule has 314 valence electrons. The summed E-state index contributed by atoms with van der Waals surface area (Å²) in [6.07, 6.45) is 53.3. The van der Waals surface area contributed by atoms with Crippen LogP contribution in [0.2, 0.25) is 0 Å². The molecule has 0 aliphatic heterocycles. The molecule has 0 aliphatic rings. The number of hydrogen-bond donors (Lipinski definition) is 4. The van der Waals surface area contributed by atoms with Crippen LogP contribution in [0, 0.1) is 0 Å². The molecule has 0 saturated carbocycles. The third-order valence-electron chi connectivity index (χ3n) is 8.53. The van der Waals surface area contributed by atoms with Gasteiger partial charge < -0.3 is 25.6 Å². The van der Waals surface area contributed by atoms with E-state index in [4.69, 9.17) is 14.9 Å². The van der Waals surface area contributed by atoms with E-state index >= 15 is 0 Å². The lowest BCUT2D eigenvalue weighted by atomic mass is 10.1. The maximum Gasteiger partial charge on any atom is 0.328 e. The molecule has 2 amide bonds. The summed E-state index contributed by atoms with van der Waals surface area (Å²) in [7, 11) is 0. The molecule has 0 aromatic carbocycles. The number of carboxylic acids is 1. The standard InChI is InChI=1S/C47H74N2O7/c1-3-5-7-9-11-12-13-14-15-16-17-18-19-20-21-22-23-24-25-26-27-29-35-39-46(53)56-42(36-32-28-10-8-6-4-2)37-33-30-31-34-38-44(51)48-40-45(52)49-43(41-50)47(54)55/h5,7-8,10-12,14-15,17-18,20-21,23-24,32,36,42-43,50H,3-4,6,9,13,16,19,22,25-31,33-35,37-41H2,1-2H3,(H,48,51)(H,49,52)(H,54,55)/b7-5-,10-8-,12-11-,15-14-,18-17-,21-20-,24-23-,36-32-. The van der Waals surface area contributed by atoms with Crippen LogP contribution < -0.4 is 10.6 Å². The first-order chi connectivity index (χ1) is 27.3. The first-order valence-corrected chi connectivity index (χ1v) is 21.1. The van der Waals surface area contributed by atoms with E-state index in [2.05, 4.69) is 116 Å². The minimum absolute atomic E-state index is 0.160. The lowest BCUT2D eigenvalue weighted by Gasteiger charge is -2.15. The average Bonchev–Trinajstić information content (AvgIpc) is 3.18. The molecular weight excluding hydrogens is 705 g/mol. The Morgan fingerprint density at radius 1 is 0.571 bits per heavy atom. The lowest BCUT2D eigenvalue weighted by Crippen LogP contribution is -2.47. The van der Waals surface area contributed by atoms with E-state index in [1.807, 2.05) is 6.08 Å². The molecule has 0 aromatic rings. The van der Waals surface area contributed by atoms with Gasteiger partial charge in [0.1, 0.15) is 12.1 Å². The minimum Gasteiger partial charge on any atom is -0.480 e. The number of carboxylic acid groups (broad SMARTS) is 1. The van der Waals surface area contributed by atoms with E-state index in [9.17, 15) is 19.2 Å². The normalized spacial score (nSPS) is 13.5. The first kappa shape index (κ1) is 51.8. The fourth-order valence-electron chi connectivity index (χ4n) is 5.32. The molecule has 0 radical (unpaired) electrons. The van der Waals surface area contributed by atoms with E-state index < -0.39 is 24.5 Å². The molecule has 9 nitrogen and oxygen atoms in total. The van der Waals surface area contributed by atoms with Crippen LogP contribution in [0.3, 0.4) is 0 Å². The Morgan fingerprint density at radius 3 is 1.62 bits per heavy atom. The van der Waals surface area contributed by atoms with Crippen molar-refractivity contribution < 1.29 is 34.1 Å². The summed E-state index contributed by atoms with van der Waals surface area (Å²) in [6, 6.07) is -1.40. The number of amides is 2. The number of carbonyl (C=O) groups is 4. The van der Waals surface area contributed by atoms with Gasteiger partial charge in [0.15, 0.2) is 0 Å². The predicted octanol–water partition coefficient (Wildman–Crippen LogP) is 10.3. The molecule has 0 spiro atoms. The van der Waals surface area contributed by atoms with Gasteiger partial charge in [-0.05, 0) is 96.0 Å². The zero-order valence-corrected chi connectivity index (χ0v) is 34.6. The Bertz CT molecular complexity index is 1260. The molecule has 2 unspecified atom stereocenters. The number of rotatable bonds is 36. The number of carbonyl (C=O) groups excluding carboxylic acids is 3. The van der Waals surface area contributed by atoms with Crippen LogP contribution in [0.25, 0.3) is 0 Å². The molecule has 9 heteroatoms. The van der Waals surface area contributed by atoms with Gasteiger partial charge in [0.2, 0.25) is 11.8 Å². The molecule has 0 heterocycles. The molecule has 0 rings (SSSR count). The van der Waals surface area contributed by atoms with Gasteiger partial charge in [-0.15, -0.1) is 0 Å². The van der Waals surface area contributed by atoms with Crippen molar-refractivity contribution in [2.45, 2.75) is 161 Å². The van der Waals surface area contributed by atoms with Crippen molar-refractivity contribution in [2.75, 3.05) is 13.2 Å². The second-order valence-corrected chi connectivity index (χ2v) is 13.7. The van der Waals surface area contributed by atoms with Crippen molar-refractivity contribution in [3.8, 4) is 0 Å². The molecule has 4 N–H and O–H groups in total. The number of aliphatic hydroxyl groups is 1. The summed E-state index contributed by atoms with van der Waals surface area (Å²) in [5.74, 6) is -2.48. The van der Waals surface area contributed by atoms with Gasteiger partial charge in [-0.25, -0.2) is 4.79 Å². The number of esters is 1.